The summed E-state index contributed by atoms with van der Waals surface area (Å²) in [4.78, 5) is 2.46. The van der Waals surface area contributed by atoms with Crippen LogP contribution in [0.4, 0.5) is 17.1 Å². The molecule has 1 aliphatic rings. The zero-order chi connectivity index (χ0) is 31.3. The predicted molar refractivity (Wildman–Crippen MR) is 204 cm³/mol. The molecule has 1 heterocycles. The molecule has 0 fully saturated rings. The van der Waals surface area contributed by atoms with Crippen LogP contribution in [0.3, 0.4) is 0 Å². The Morgan fingerprint density at radius 1 is 0.426 bits per heavy atom. The van der Waals surface area contributed by atoms with E-state index >= 15 is 0 Å². The van der Waals surface area contributed by atoms with Crippen molar-refractivity contribution in [2.75, 3.05) is 4.90 Å². The van der Waals surface area contributed by atoms with E-state index in [1.807, 2.05) is 11.3 Å². The van der Waals surface area contributed by atoms with Crippen molar-refractivity contribution in [2.45, 2.75) is 19.3 Å². The molecule has 222 valence electrons. The Morgan fingerprint density at radius 3 is 1.96 bits per heavy atom. The van der Waals surface area contributed by atoms with E-state index in [1.54, 1.807) is 0 Å². The first-order valence-corrected chi connectivity index (χ1v) is 17.2. The molecule has 1 aliphatic carbocycles. The first-order valence-electron chi connectivity index (χ1n) is 16.3. The number of benzene rings is 8. The average molecular weight is 618 g/mol. The highest BCUT2D eigenvalue weighted by Crippen LogP contribution is 2.51. The minimum Gasteiger partial charge on any atom is -0.310 e. The fraction of sp³-hybridized carbons (Fsp3) is 0.0667. The molecule has 8 aromatic carbocycles. The van der Waals surface area contributed by atoms with Crippen LogP contribution in [-0.2, 0) is 5.41 Å². The number of anilines is 3. The lowest BCUT2D eigenvalue weighted by Gasteiger charge is -2.28. The van der Waals surface area contributed by atoms with Crippen molar-refractivity contribution in [3.05, 3.63) is 163 Å². The van der Waals surface area contributed by atoms with E-state index in [2.05, 4.69) is 170 Å². The van der Waals surface area contributed by atoms with Crippen LogP contribution in [0.15, 0.2) is 152 Å². The molecule has 0 aliphatic heterocycles. The van der Waals surface area contributed by atoms with Crippen molar-refractivity contribution < 1.29 is 0 Å². The third-order valence-electron chi connectivity index (χ3n) is 10.4. The minimum absolute atomic E-state index is 0.0789. The van der Waals surface area contributed by atoms with Gasteiger partial charge in [-0.3, -0.25) is 0 Å². The lowest BCUT2D eigenvalue weighted by atomic mass is 9.82. The molecule has 0 amide bonds. The second kappa shape index (κ2) is 9.78. The van der Waals surface area contributed by atoms with E-state index in [0.717, 1.165) is 5.69 Å². The summed E-state index contributed by atoms with van der Waals surface area (Å²) in [5.74, 6) is 0. The maximum absolute atomic E-state index is 2.46. The van der Waals surface area contributed by atoms with Crippen molar-refractivity contribution in [3.63, 3.8) is 0 Å². The van der Waals surface area contributed by atoms with Crippen LogP contribution < -0.4 is 4.90 Å². The van der Waals surface area contributed by atoms with Crippen molar-refractivity contribution in [3.8, 4) is 11.1 Å². The molecule has 0 N–H and O–H groups in total. The Balaban J connectivity index is 1.22. The topological polar surface area (TPSA) is 3.24 Å². The zero-order valence-electron chi connectivity index (χ0n) is 26.3. The second-order valence-electron chi connectivity index (χ2n) is 13.4. The van der Waals surface area contributed by atoms with Gasteiger partial charge in [-0.15, -0.1) is 11.3 Å². The number of thiophene rings is 1. The smallest absolute Gasteiger partial charge is 0.0468 e. The van der Waals surface area contributed by atoms with Crippen LogP contribution in [0.2, 0.25) is 0 Å². The maximum Gasteiger partial charge on any atom is 0.0468 e. The van der Waals surface area contributed by atoms with Gasteiger partial charge in [-0.05, 0) is 103 Å². The number of rotatable bonds is 3. The molecular formula is C45H31NS. The van der Waals surface area contributed by atoms with Crippen molar-refractivity contribution in [1.29, 1.82) is 0 Å². The molecule has 10 rings (SSSR count). The predicted octanol–water partition coefficient (Wildman–Crippen LogP) is 13.3. The van der Waals surface area contributed by atoms with Gasteiger partial charge in [-0.25, -0.2) is 0 Å². The van der Waals surface area contributed by atoms with E-state index < -0.39 is 0 Å². The Bertz CT molecular complexity index is 2730. The van der Waals surface area contributed by atoms with Gasteiger partial charge in [0.2, 0.25) is 0 Å². The molecule has 0 atom stereocenters. The summed E-state index contributed by atoms with van der Waals surface area (Å²) in [5.41, 5.74) is 8.88. The van der Waals surface area contributed by atoms with Gasteiger partial charge in [0.1, 0.15) is 0 Å². The van der Waals surface area contributed by atoms with Gasteiger partial charge in [-0.2, -0.15) is 0 Å². The minimum atomic E-state index is -0.0789. The van der Waals surface area contributed by atoms with Crippen molar-refractivity contribution >= 4 is 80.9 Å². The van der Waals surface area contributed by atoms with Gasteiger partial charge in [-0.1, -0.05) is 117 Å². The fourth-order valence-electron chi connectivity index (χ4n) is 8.09. The number of nitrogens with zero attached hydrogens (tertiary/aromatic N) is 1. The van der Waals surface area contributed by atoms with Gasteiger partial charge in [0.15, 0.2) is 0 Å². The van der Waals surface area contributed by atoms with Crippen LogP contribution >= 0.6 is 11.3 Å². The Hall–Kier alpha value is -5.44. The molecule has 9 aromatic rings. The maximum atomic E-state index is 2.46. The quantitative estimate of drug-likeness (QED) is 0.178. The molecule has 2 heteroatoms. The summed E-state index contributed by atoms with van der Waals surface area (Å²) in [6.07, 6.45) is 0. The largest absolute Gasteiger partial charge is 0.310 e. The number of hydrogen-bond donors (Lipinski definition) is 0. The van der Waals surface area contributed by atoms with Crippen LogP contribution in [-0.4, -0.2) is 0 Å². The Labute approximate surface area is 278 Å². The van der Waals surface area contributed by atoms with Gasteiger partial charge in [0, 0.05) is 42.6 Å². The van der Waals surface area contributed by atoms with E-state index in [-0.39, 0.29) is 5.41 Å². The van der Waals surface area contributed by atoms with Gasteiger partial charge in [0.05, 0.1) is 0 Å². The third kappa shape index (κ3) is 3.89. The highest BCUT2D eigenvalue weighted by atomic mass is 32.1. The normalized spacial score (nSPS) is 13.5. The van der Waals surface area contributed by atoms with Crippen LogP contribution in [0.25, 0.3) is 63.6 Å². The van der Waals surface area contributed by atoms with E-state index in [1.165, 1.54) is 86.1 Å². The van der Waals surface area contributed by atoms with Crippen LogP contribution in [0.1, 0.15) is 25.0 Å². The molecule has 0 bridgehead atoms. The molecule has 0 saturated heterocycles. The first-order chi connectivity index (χ1) is 23.0. The van der Waals surface area contributed by atoms with E-state index in [0.29, 0.717) is 0 Å². The summed E-state index contributed by atoms with van der Waals surface area (Å²) in [7, 11) is 0. The Morgan fingerprint density at radius 2 is 1.04 bits per heavy atom. The lowest BCUT2D eigenvalue weighted by Crippen LogP contribution is -2.16. The van der Waals surface area contributed by atoms with Gasteiger partial charge < -0.3 is 4.90 Å². The Kier molecular flexibility index (Phi) is 5.57. The van der Waals surface area contributed by atoms with E-state index in [9.17, 15) is 0 Å². The molecule has 0 saturated carbocycles. The first kappa shape index (κ1) is 26.7. The molecule has 47 heavy (non-hydrogen) atoms. The number of hydrogen-bond acceptors (Lipinski definition) is 2. The molecular weight excluding hydrogens is 587 g/mol. The van der Waals surface area contributed by atoms with Crippen LogP contribution in [0, 0.1) is 0 Å². The molecule has 0 spiro atoms. The van der Waals surface area contributed by atoms with Crippen molar-refractivity contribution in [2.24, 2.45) is 0 Å². The van der Waals surface area contributed by atoms with Gasteiger partial charge in [0.25, 0.3) is 0 Å². The highest BCUT2D eigenvalue weighted by Gasteiger charge is 2.35. The second-order valence-corrected chi connectivity index (χ2v) is 14.5. The lowest BCUT2D eigenvalue weighted by molar-refractivity contribution is 0.660. The molecule has 1 aromatic heterocycles. The molecule has 0 unspecified atom stereocenters. The summed E-state index contributed by atoms with van der Waals surface area (Å²) in [5, 5.41) is 10.3. The summed E-state index contributed by atoms with van der Waals surface area (Å²) in [6, 6.07) is 56.5. The van der Waals surface area contributed by atoms with E-state index in [4.69, 9.17) is 0 Å². The summed E-state index contributed by atoms with van der Waals surface area (Å²) in [6.45, 7) is 4.72. The molecule has 0 radical (unpaired) electrons. The monoisotopic (exact) mass is 617 g/mol. The summed E-state index contributed by atoms with van der Waals surface area (Å²) >= 11 is 1.87. The highest BCUT2D eigenvalue weighted by molar-refractivity contribution is 7.25. The third-order valence-corrected chi connectivity index (χ3v) is 11.6. The van der Waals surface area contributed by atoms with Crippen molar-refractivity contribution in [1.82, 2.24) is 0 Å². The SMILES string of the molecule is CC1(C)c2ccccc2-c2ccc(N(c3ccc4c(ccc5ccc6ccccc6c54)c3)c3ccc4sc5ccccc5c4c3)cc21. The van der Waals surface area contributed by atoms with Gasteiger partial charge >= 0.3 is 0 Å². The summed E-state index contributed by atoms with van der Waals surface area (Å²) < 4.78 is 2.64. The number of fused-ring (bicyclic) bond motifs is 11. The average Bonchev–Trinajstić information content (AvgIpc) is 3.59. The van der Waals surface area contributed by atoms with Crippen LogP contribution in [0.5, 0.6) is 0 Å². The molecule has 1 nitrogen and oxygen atoms in total. The fourth-order valence-corrected chi connectivity index (χ4v) is 9.18. The zero-order valence-corrected chi connectivity index (χ0v) is 27.1. The standard InChI is InChI=1S/C45H31NS/c1-45(2)40-13-7-5-11-36(40)37-23-20-33(27-41(37)45)46(32-21-24-43-39(26-32)38-12-6-8-14-42(38)47-43)31-19-22-35-30(25-31)18-17-29-16-15-28-9-3-4-10-34(28)44(29)35/h3-27H,1-2H3.